The number of carboxylic acid groups (broad SMARTS) is 1. The Morgan fingerprint density at radius 1 is 0.492 bits per heavy atom. The van der Waals surface area contributed by atoms with Gasteiger partial charge in [0.2, 0.25) is 0 Å². The second-order valence-electron chi connectivity index (χ2n) is 17.7. The van der Waals surface area contributed by atoms with E-state index >= 15 is 0 Å². The first-order chi connectivity index (χ1) is 30.6. The lowest BCUT2D eigenvalue weighted by atomic mass is 10.0. The highest BCUT2D eigenvalue weighted by molar-refractivity contribution is 7.47. The predicted molar refractivity (Wildman–Crippen MR) is 259 cm³/mol. The monoisotopic (exact) mass is 914 g/mol. The minimum atomic E-state index is -4.72. The topological polar surface area (TPSA) is 172 Å². The number of hydrogen-bond acceptors (Lipinski definition) is 9. The molecule has 11 nitrogen and oxygen atoms in total. The molecular formula is C51H96NO10P. The molecule has 0 saturated carbocycles. The van der Waals surface area contributed by atoms with Crippen LogP contribution in [0.3, 0.4) is 0 Å². The molecule has 370 valence electrons. The first kappa shape index (κ1) is 61.0. The number of allylic oxidation sites excluding steroid dienone is 4. The zero-order chi connectivity index (χ0) is 46.3. The molecule has 0 bridgehead atoms. The van der Waals surface area contributed by atoms with E-state index in [4.69, 9.17) is 24.8 Å². The van der Waals surface area contributed by atoms with E-state index in [0.717, 1.165) is 51.4 Å². The van der Waals surface area contributed by atoms with Crippen molar-refractivity contribution in [3.63, 3.8) is 0 Å². The number of carboxylic acids is 1. The Morgan fingerprint density at radius 3 is 1.27 bits per heavy atom. The number of hydrogen-bond donors (Lipinski definition) is 3. The lowest BCUT2D eigenvalue weighted by Gasteiger charge is -2.20. The molecule has 4 N–H and O–H groups in total. The maximum absolute atomic E-state index is 12.7. The normalized spacial score (nSPS) is 13.7. The van der Waals surface area contributed by atoms with Gasteiger partial charge in [0.25, 0.3) is 0 Å². The number of ether oxygens (including phenoxy) is 2. The zero-order valence-corrected chi connectivity index (χ0v) is 41.3. The molecule has 0 fully saturated rings. The Balaban J connectivity index is 4.22. The molecule has 63 heavy (non-hydrogen) atoms. The van der Waals surface area contributed by atoms with E-state index in [-0.39, 0.29) is 19.4 Å². The van der Waals surface area contributed by atoms with Gasteiger partial charge < -0.3 is 25.2 Å². The summed E-state index contributed by atoms with van der Waals surface area (Å²) < 4.78 is 32.9. The number of unbranched alkanes of at least 4 members (excludes halogenated alkanes) is 31. The maximum Gasteiger partial charge on any atom is 0.472 e. The standard InChI is InChI=1S/C51H96NO10P/c1-3-5-7-9-11-13-15-17-19-21-23-25-26-28-30-32-34-36-38-40-42-49(53)59-44-47(45-60-63(57,58)61-46-48(52)51(55)56)62-50(54)43-41-39-37-35-33-31-29-27-24-22-20-18-16-14-12-10-8-6-4-2/h12,14,18,20,47-48H,3-11,13,15-17,19,21-46,52H2,1-2H3,(H,55,56)(H,57,58)/b14-12+,20-18+/t47-,48+/m1/s1. The summed E-state index contributed by atoms with van der Waals surface area (Å²) in [5, 5.41) is 8.92. The van der Waals surface area contributed by atoms with Crippen molar-refractivity contribution in [2.24, 2.45) is 5.73 Å². The highest BCUT2D eigenvalue weighted by atomic mass is 31.2. The third kappa shape index (κ3) is 46.3. The fourth-order valence-electron chi connectivity index (χ4n) is 7.39. The van der Waals surface area contributed by atoms with E-state index < -0.39 is 51.1 Å². The Bertz CT molecular complexity index is 1160. The van der Waals surface area contributed by atoms with Gasteiger partial charge >= 0.3 is 25.7 Å². The van der Waals surface area contributed by atoms with Gasteiger partial charge in [0.15, 0.2) is 6.10 Å². The zero-order valence-electron chi connectivity index (χ0n) is 40.4. The van der Waals surface area contributed by atoms with Crippen LogP contribution in [-0.4, -0.2) is 59.9 Å². The molecule has 0 amide bonds. The van der Waals surface area contributed by atoms with E-state index in [1.165, 1.54) is 161 Å². The summed E-state index contributed by atoms with van der Waals surface area (Å²) in [6.07, 6.45) is 50.9. The van der Waals surface area contributed by atoms with Gasteiger partial charge in [0.1, 0.15) is 12.6 Å². The highest BCUT2D eigenvalue weighted by Crippen LogP contribution is 2.43. The Hall–Kier alpha value is -2.04. The maximum atomic E-state index is 12.7. The number of nitrogens with two attached hydrogens (primary N) is 1. The van der Waals surface area contributed by atoms with E-state index in [1.807, 2.05) is 0 Å². The van der Waals surface area contributed by atoms with Crippen LogP contribution in [0.15, 0.2) is 24.3 Å². The molecule has 0 aromatic rings. The van der Waals surface area contributed by atoms with E-state index in [0.29, 0.717) is 12.8 Å². The van der Waals surface area contributed by atoms with Crippen LogP contribution in [0.25, 0.3) is 0 Å². The van der Waals surface area contributed by atoms with Gasteiger partial charge in [-0.25, -0.2) is 4.57 Å². The largest absolute Gasteiger partial charge is 0.480 e. The lowest BCUT2D eigenvalue weighted by Crippen LogP contribution is -2.34. The summed E-state index contributed by atoms with van der Waals surface area (Å²) in [7, 11) is -4.72. The Labute approximate surface area is 385 Å². The number of esters is 2. The fraction of sp³-hybridized carbons (Fsp3) is 0.863. The van der Waals surface area contributed by atoms with Crippen molar-refractivity contribution < 1.29 is 47.5 Å². The molecule has 0 radical (unpaired) electrons. The van der Waals surface area contributed by atoms with E-state index in [2.05, 4.69) is 42.7 Å². The van der Waals surface area contributed by atoms with Crippen LogP contribution in [0, 0.1) is 0 Å². The molecular weight excluding hydrogens is 818 g/mol. The van der Waals surface area contributed by atoms with Crippen molar-refractivity contribution in [2.45, 2.75) is 264 Å². The fourth-order valence-corrected chi connectivity index (χ4v) is 8.17. The summed E-state index contributed by atoms with van der Waals surface area (Å²) in [6, 6.07) is -1.52. The molecule has 0 saturated heterocycles. The summed E-state index contributed by atoms with van der Waals surface area (Å²) >= 11 is 0. The quantitative estimate of drug-likeness (QED) is 0.0230. The summed E-state index contributed by atoms with van der Waals surface area (Å²) in [6.45, 7) is 2.83. The average molecular weight is 914 g/mol. The molecule has 3 atom stereocenters. The molecule has 0 aliphatic carbocycles. The van der Waals surface area contributed by atoms with Crippen molar-refractivity contribution in [1.29, 1.82) is 0 Å². The Morgan fingerprint density at radius 2 is 0.841 bits per heavy atom. The molecule has 0 aliphatic heterocycles. The smallest absolute Gasteiger partial charge is 0.472 e. The number of phosphoric ester groups is 1. The lowest BCUT2D eigenvalue weighted by molar-refractivity contribution is -0.161. The van der Waals surface area contributed by atoms with Crippen molar-refractivity contribution in [3.05, 3.63) is 24.3 Å². The molecule has 0 aromatic heterocycles. The van der Waals surface area contributed by atoms with E-state index in [1.54, 1.807) is 0 Å². The summed E-state index contributed by atoms with van der Waals surface area (Å²) in [5.74, 6) is -2.37. The number of carbonyl (C=O) groups excluding carboxylic acids is 2. The Kier molecular flexibility index (Phi) is 45.0. The molecule has 0 heterocycles. The second kappa shape index (κ2) is 46.5. The van der Waals surface area contributed by atoms with E-state index in [9.17, 15) is 23.8 Å². The number of rotatable bonds is 49. The summed E-state index contributed by atoms with van der Waals surface area (Å²) in [5.41, 5.74) is 5.35. The van der Waals surface area contributed by atoms with Crippen LogP contribution in [0.1, 0.15) is 251 Å². The van der Waals surface area contributed by atoms with Crippen molar-refractivity contribution in [1.82, 2.24) is 0 Å². The van der Waals surface area contributed by atoms with Crippen LogP contribution < -0.4 is 5.73 Å². The predicted octanol–water partition coefficient (Wildman–Crippen LogP) is 14.6. The second-order valence-corrected chi connectivity index (χ2v) is 19.1. The van der Waals surface area contributed by atoms with Gasteiger partial charge in [0, 0.05) is 12.8 Å². The minimum Gasteiger partial charge on any atom is -0.480 e. The van der Waals surface area contributed by atoms with Gasteiger partial charge in [-0.15, -0.1) is 0 Å². The van der Waals surface area contributed by atoms with Gasteiger partial charge in [-0.3, -0.25) is 23.4 Å². The SMILES string of the molecule is CCCCC/C=C/C/C=C/CCCCCCCCCCCC(=O)O[C@H](COC(=O)CCCCCCCCCCCCCCCCCCCCCC)COP(=O)(O)OC[C@H](N)C(=O)O. The molecule has 0 rings (SSSR count). The van der Waals surface area contributed by atoms with Crippen LogP contribution in [-0.2, 0) is 37.5 Å². The molecule has 12 heteroatoms. The molecule has 1 unspecified atom stereocenters. The van der Waals surface area contributed by atoms with Gasteiger partial charge in [0.05, 0.1) is 13.2 Å². The highest BCUT2D eigenvalue weighted by Gasteiger charge is 2.28. The van der Waals surface area contributed by atoms with Crippen LogP contribution >= 0.6 is 7.82 Å². The third-order valence-electron chi connectivity index (χ3n) is 11.5. The molecule has 0 spiro atoms. The van der Waals surface area contributed by atoms with Crippen LogP contribution in [0.2, 0.25) is 0 Å². The average Bonchev–Trinajstić information content (AvgIpc) is 3.26. The number of carbonyl (C=O) groups is 3. The van der Waals surface area contributed by atoms with Crippen molar-refractivity contribution in [3.8, 4) is 0 Å². The van der Waals surface area contributed by atoms with Gasteiger partial charge in [-0.05, 0) is 44.9 Å². The third-order valence-corrected chi connectivity index (χ3v) is 12.4. The first-order valence-electron chi connectivity index (χ1n) is 25.9. The minimum absolute atomic E-state index is 0.159. The van der Waals surface area contributed by atoms with Crippen molar-refractivity contribution >= 4 is 25.7 Å². The van der Waals surface area contributed by atoms with Gasteiger partial charge in [-0.1, -0.05) is 218 Å². The van der Waals surface area contributed by atoms with Crippen LogP contribution in [0.4, 0.5) is 0 Å². The number of phosphoric acid groups is 1. The van der Waals surface area contributed by atoms with Crippen LogP contribution in [0.5, 0.6) is 0 Å². The molecule has 0 aromatic carbocycles. The van der Waals surface area contributed by atoms with Gasteiger partial charge in [-0.2, -0.15) is 0 Å². The summed E-state index contributed by atoms with van der Waals surface area (Å²) in [4.78, 5) is 46.2. The first-order valence-corrected chi connectivity index (χ1v) is 27.4. The van der Waals surface area contributed by atoms with Crippen molar-refractivity contribution in [2.75, 3.05) is 19.8 Å². The molecule has 0 aliphatic rings. The number of aliphatic carboxylic acids is 1.